The minimum absolute atomic E-state index is 0.0227. The van der Waals surface area contributed by atoms with Crippen molar-refractivity contribution >= 4 is 51.5 Å². The Kier molecular flexibility index (Phi) is 8.61. The molecule has 1 aromatic heterocycles. The number of benzene rings is 2. The van der Waals surface area contributed by atoms with Crippen molar-refractivity contribution in [2.75, 3.05) is 11.9 Å². The van der Waals surface area contributed by atoms with E-state index in [9.17, 15) is 14.4 Å². The average molecular weight is 521 g/mol. The van der Waals surface area contributed by atoms with E-state index in [1.807, 2.05) is 60.7 Å². The zero-order chi connectivity index (χ0) is 25.5. The first-order valence-electron chi connectivity index (χ1n) is 12.0. The summed E-state index contributed by atoms with van der Waals surface area (Å²) in [6.07, 6.45) is 3.76. The van der Waals surface area contributed by atoms with Gasteiger partial charge in [0.1, 0.15) is 5.00 Å². The molecule has 2 aromatic carbocycles. The monoisotopic (exact) mass is 520 g/mol. The fourth-order valence-electron chi connectivity index (χ4n) is 4.29. The van der Waals surface area contributed by atoms with Gasteiger partial charge in [0.2, 0.25) is 11.8 Å². The van der Waals surface area contributed by atoms with Crippen LogP contribution in [0.2, 0.25) is 0 Å². The largest absolute Gasteiger partial charge is 0.462 e. The molecule has 0 unspecified atom stereocenters. The molecule has 1 heterocycles. The molecule has 1 aliphatic carbocycles. The summed E-state index contributed by atoms with van der Waals surface area (Å²) in [6.45, 7) is 2.02. The number of carbonyl (C=O) groups is 3. The van der Waals surface area contributed by atoms with Gasteiger partial charge in [-0.2, -0.15) is 0 Å². The molecule has 0 radical (unpaired) electrons. The number of hydrogen-bond donors (Lipinski definition) is 1. The maximum atomic E-state index is 13.4. The van der Waals surface area contributed by atoms with E-state index in [4.69, 9.17) is 17.0 Å². The highest BCUT2D eigenvalue weighted by molar-refractivity contribution is 7.80. The molecule has 4 rings (SSSR count). The second-order valence-electron chi connectivity index (χ2n) is 8.51. The van der Waals surface area contributed by atoms with Crippen LogP contribution in [0, 0.1) is 0 Å². The number of thiocarbonyl (C=S) groups is 1. The standard InChI is InChI=1S/C28H28N2O4S2/c1-2-34-27(33)25-21-15-9-10-16-22(21)36-26(25)29-28(35)30(23(31)17-19-11-5-3-6-12-19)24(32)18-20-13-7-4-8-14-20/h3-8,11-14H,2,9-10,15-18H2,1H3,(H,29,35). The number of carbonyl (C=O) groups excluding carboxylic acids is 3. The van der Waals surface area contributed by atoms with Crippen molar-refractivity contribution in [1.82, 2.24) is 4.90 Å². The SMILES string of the molecule is CCOC(=O)c1c(NC(=S)N(C(=O)Cc2ccccc2)C(=O)Cc2ccccc2)sc2c1CCCC2. The number of imide groups is 1. The molecule has 2 amide bonds. The number of ether oxygens (including phenoxy) is 1. The maximum absolute atomic E-state index is 13.4. The van der Waals surface area contributed by atoms with E-state index in [-0.39, 0.29) is 24.6 Å². The first kappa shape index (κ1) is 25.7. The normalized spacial score (nSPS) is 12.4. The number of thiophene rings is 1. The molecule has 0 bridgehead atoms. The Morgan fingerprint density at radius 2 is 1.47 bits per heavy atom. The van der Waals surface area contributed by atoms with Crippen LogP contribution in [0.3, 0.4) is 0 Å². The van der Waals surface area contributed by atoms with Crippen molar-refractivity contribution < 1.29 is 19.1 Å². The summed E-state index contributed by atoms with van der Waals surface area (Å²) in [7, 11) is 0. The predicted molar refractivity (Wildman–Crippen MR) is 145 cm³/mol. The average Bonchev–Trinajstić information content (AvgIpc) is 3.23. The quantitative estimate of drug-likeness (QED) is 0.335. The van der Waals surface area contributed by atoms with Gasteiger partial charge >= 0.3 is 5.97 Å². The minimum Gasteiger partial charge on any atom is -0.462 e. The molecular formula is C28H28N2O4S2. The second kappa shape index (κ2) is 12.1. The molecule has 8 heteroatoms. The van der Waals surface area contributed by atoms with Gasteiger partial charge in [0, 0.05) is 4.88 Å². The highest BCUT2D eigenvalue weighted by Gasteiger charge is 2.30. The number of esters is 1. The molecule has 186 valence electrons. The van der Waals surface area contributed by atoms with Crippen LogP contribution in [-0.4, -0.2) is 34.4 Å². The number of amides is 2. The van der Waals surface area contributed by atoms with Crippen LogP contribution in [0.25, 0.3) is 0 Å². The Morgan fingerprint density at radius 1 is 0.917 bits per heavy atom. The van der Waals surface area contributed by atoms with E-state index in [0.717, 1.165) is 52.2 Å². The van der Waals surface area contributed by atoms with Crippen molar-refractivity contribution in [3.63, 3.8) is 0 Å². The van der Waals surface area contributed by atoms with E-state index in [2.05, 4.69) is 5.32 Å². The van der Waals surface area contributed by atoms with Gasteiger partial charge in [-0.15, -0.1) is 11.3 Å². The highest BCUT2D eigenvalue weighted by atomic mass is 32.1. The summed E-state index contributed by atoms with van der Waals surface area (Å²) >= 11 is 7.07. The summed E-state index contributed by atoms with van der Waals surface area (Å²) in [5.74, 6) is -1.28. The summed E-state index contributed by atoms with van der Waals surface area (Å²) in [5.41, 5.74) is 3.00. The van der Waals surface area contributed by atoms with Gasteiger partial charge in [-0.1, -0.05) is 60.7 Å². The van der Waals surface area contributed by atoms with Crippen LogP contribution in [0.1, 0.15) is 51.7 Å². The summed E-state index contributed by atoms with van der Waals surface area (Å²) in [5, 5.41) is 3.56. The van der Waals surface area contributed by atoms with E-state index in [1.165, 1.54) is 11.3 Å². The first-order valence-corrected chi connectivity index (χ1v) is 13.3. The molecule has 0 aliphatic heterocycles. The van der Waals surface area contributed by atoms with Crippen LogP contribution in [0.4, 0.5) is 5.00 Å². The number of fused-ring (bicyclic) bond motifs is 1. The molecule has 0 saturated carbocycles. The number of anilines is 1. The third kappa shape index (κ3) is 6.06. The number of aryl methyl sites for hydroxylation is 1. The Labute approximate surface area is 220 Å². The summed E-state index contributed by atoms with van der Waals surface area (Å²) < 4.78 is 5.32. The van der Waals surface area contributed by atoms with Crippen molar-refractivity contribution in [1.29, 1.82) is 0 Å². The topological polar surface area (TPSA) is 75.7 Å². The Hall–Kier alpha value is -3.36. The van der Waals surface area contributed by atoms with Gasteiger partial charge in [0.15, 0.2) is 5.11 Å². The molecule has 1 aliphatic rings. The minimum atomic E-state index is -0.432. The number of hydrogen-bond acceptors (Lipinski definition) is 6. The first-order chi connectivity index (χ1) is 17.5. The van der Waals surface area contributed by atoms with Gasteiger partial charge in [0.25, 0.3) is 0 Å². The smallest absolute Gasteiger partial charge is 0.341 e. The van der Waals surface area contributed by atoms with Crippen LogP contribution in [0.5, 0.6) is 0 Å². The van der Waals surface area contributed by atoms with Gasteiger partial charge < -0.3 is 10.1 Å². The van der Waals surface area contributed by atoms with E-state index < -0.39 is 17.8 Å². The predicted octanol–water partition coefficient (Wildman–Crippen LogP) is 5.34. The molecule has 0 saturated heterocycles. The lowest BCUT2D eigenvalue weighted by Crippen LogP contribution is -2.45. The van der Waals surface area contributed by atoms with E-state index in [1.54, 1.807) is 6.92 Å². The lowest BCUT2D eigenvalue weighted by molar-refractivity contribution is -0.138. The van der Waals surface area contributed by atoms with Crippen molar-refractivity contribution in [2.45, 2.75) is 45.4 Å². The van der Waals surface area contributed by atoms with Crippen LogP contribution < -0.4 is 5.32 Å². The van der Waals surface area contributed by atoms with E-state index in [0.29, 0.717) is 10.6 Å². The molecule has 36 heavy (non-hydrogen) atoms. The third-order valence-corrected chi connectivity index (χ3v) is 7.46. The molecule has 0 fully saturated rings. The number of rotatable bonds is 7. The zero-order valence-corrected chi connectivity index (χ0v) is 21.8. The zero-order valence-electron chi connectivity index (χ0n) is 20.1. The molecule has 0 atom stereocenters. The van der Waals surface area contributed by atoms with Gasteiger partial charge in [-0.05, 0) is 61.5 Å². The lowest BCUT2D eigenvalue weighted by atomic mass is 9.95. The lowest BCUT2D eigenvalue weighted by Gasteiger charge is -2.22. The molecule has 3 aromatic rings. The third-order valence-electron chi connectivity index (χ3n) is 5.97. The summed E-state index contributed by atoms with van der Waals surface area (Å²) in [4.78, 5) is 41.8. The fourth-order valence-corrected chi connectivity index (χ4v) is 5.94. The van der Waals surface area contributed by atoms with Crippen LogP contribution in [-0.2, 0) is 40.0 Å². The van der Waals surface area contributed by atoms with Gasteiger partial charge in [0.05, 0.1) is 25.0 Å². The van der Waals surface area contributed by atoms with Gasteiger partial charge in [-0.3, -0.25) is 9.59 Å². The number of nitrogens with zero attached hydrogens (tertiary/aromatic N) is 1. The highest BCUT2D eigenvalue weighted by Crippen LogP contribution is 2.38. The van der Waals surface area contributed by atoms with Crippen LogP contribution in [0.15, 0.2) is 60.7 Å². The van der Waals surface area contributed by atoms with Gasteiger partial charge in [-0.25, -0.2) is 9.69 Å². The van der Waals surface area contributed by atoms with Crippen molar-refractivity contribution in [2.24, 2.45) is 0 Å². The fraction of sp³-hybridized carbons (Fsp3) is 0.286. The van der Waals surface area contributed by atoms with E-state index >= 15 is 0 Å². The molecule has 6 nitrogen and oxygen atoms in total. The van der Waals surface area contributed by atoms with Crippen LogP contribution >= 0.6 is 23.6 Å². The second-order valence-corrected chi connectivity index (χ2v) is 10.0. The van der Waals surface area contributed by atoms with Crippen molar-refractivity contribution in [3.8, 4) is 0 Å². The molecule has 0 spiro atoms. The Bertz CT molecular complexity index is 1200. The number of nitrogens with one attached hydrogen (secondary N) is 1. The molecule has 1 N–H and O–H groups in total. The van der Waals surface area contributed by atoms with Crippen molar-refractivity contribution in [3.05, 3.63) is 87.8 Å². The maximum Gasteiger partial charge on any atom is 0.341 e. The Balaban J connectivity index is 1.63. The molecular weight excluding hydrogens is 492 g/mol. The Morgan fingerprint density at radius 3 is 2.03 bits per heavy atom. The summed E-state index contributed by atoms with van der Waals surface area (Å²) in [6, 6.07) is 18.5.